The number of carbonyl (C=O) groups is 1. The summed E-state index contributed by atoms with van der Waals surface area (Å²) in [4.78, 5) is 11.8. The highest BCUT2D eigenvalue weighted by Crippen LogP contribution is 2.24. The van der Waals surface area contributed by atoms with Gasteiger partial charge in [0.1, 0.15) is 11.6 Å². The molecule has 0 bridgehead atoms. The summed E-state index contributed by atoms with van der Waals surface area (Å²) in [5.74, 6) is -1.40. The first-order chi connectivity index (χ1) is 9.81. The summed E-state index contributed by atoms with van der Waals surface area (Å²) in [6, 6.07) is 2.31. The number of amides is 2. The summed E-state index contributed by atoms with van der Waals surface area (Å²) in [5, 5.41) is 14.4. The van der Waals surface area contributed by atoms with Crippen LogP contribution in [0.5, 0.6) is 0 Å². The molecular weight excluding hydrogens is 278 g/mol. The topological polar surface area (TPSA) is 61.4 Å². The van der Waals surface area contributed by atoms with Gasteiger partial charge >= 0.3 is 6.03 Å². The van der Waals surface area contributed by atoms with Gasteiger partial charge in [0, 0.05) is 18.2 Å². The SMILES string of the molecule is CC(O)CCNC(=O)NC(c1ccc(F)cc1F)C(C)C. The maximum absolute atomic E-state index is 13.8. The molecule has 21 heavy (non-hydrogen) atoms. The molecule has 1 aromatic carbocycles. The zero-order valence-electron chi connectivity index (χ0n) is 12.5. The zero-order chi connectivity index (χ0) is 16.0. The summed E-state index contributed by atoms with van der Waals surface area (Å²) >= 11 is 0. The molecule has 2 atom stereocenters. The molecule has 0 aliphatic rings. The summed E-state index contributed by atoms with van der Waals surface area (Å²) in [7, 11) is 0. The fourth-order valence-electron chi connectivity index (χ4n) is 1.94. The van der Waals surface area contributed by atoms with Crippen LogP contribution in [0.4, 0.5) is 13.6 Å². The van der Waals surface area contributed by atoms with Crippen molar-refractivity contribution in [3.05, 3.63) is 35.4 Å². The monoisotopic (exact) mass is 300 g/mol. The van der Waals surface area contributed by atoms with Gasteiger partial charge in [0.2, 0.25) is 0 Å². The lowest BCUT2D eigenvalue weighted by molar-refractivity contribution is 0.183. The molecule has 4 nitrogen and oxygen atoms in total. The van der Waals surface area contributed by atoms with Crippen molar-refractivity contribution in [2.24, 2.45) is 5.92 Å². The molecule has 0 spiro atoms. The van der Waals surface area contributed by atoms with Crippen molar-refractivity contribution in [2.45, 2.75) is 39.3 Å². The van der Waals surface area contributed by atoms with E-state index in [1.165, 1.54) is 12.1 Å². The third kappa shape index (κ3) is 5.67. The van der Waals surface area contributed by atoms with Crippen LogP contribution in [-0.2, 0) is 0 Å². The van der Waals surface area contributed by atoms with Crippen LogP contribution in [0.1, 0.15) is 38.8 Å². The number of carbonyl (C=O) groups excluding carboxylic acids is 1. The average molecular weight is 300 g/mol. The van der Waals surface area contributed by atoms with Gasteiger partial charge in [-0.15, -0.1) is 0 Å². The van der Waals surface area contributed by atoms with Crippen molar-refractivity contribution in [1.82, 2.24) is 10.6 Å². The Labute approximate surface area is 123 Å². The van der Waals surface area contributed by atoms with Crippen molar-refractivity contribution in [3.63, 3.8) is 0 Å². The van der Waals surface area contributed by atoms with E-state index in [2.05, 4.69) is 10.6 Å². The maximum atomic E-state index is 13.8. The predicted molar refractivity (Wildman–Crippen MR) is 76.8 cm³/mol. The number of aliphatic hydroxyl groups is 1. The van der Waals surface area contributed by atoms with Crippen LogP contribution in [0.25, 0.3) is 0 Å². The van der Waals surface area contributed by atoms with Gasteiger partial charge in [-0.2, -0.15) is 0 Å². The number of hydrogen-bond acceptors (Lipinski definition) is 2. The van der Waals surface area contributed by atoms with E-state index < -0.39 is 29.8 Å². The highest BCUT2D eigenvalue weighted by Gasteiger charge is 2.21. The van der Waals surface area contributed by atoms with Gasteiger partial charge in [0.05, 0.1) is 12.1 Å². The molecular formula is C15H22F2N2O2. The van der Waals surface area contributed by atoms with E-state index in [0.717, 1.165) is 6.07 Å². The quantitative estimate of drug-likeness (QED) is 0.756. The zero-order valence-corrected chi connectivity index (χ0v) is 12.5. The van der Waals surface area contributed by atoms with Crippen LogP contribution < -0.4 is 10.6 Å². The molecule has 3 N–H and O–H groups in total. The number of aliphatic hydroxyl groups excluding tert-OH is 1. The Morgan fingerprint density at radius 2 is 1.95 bits per heavy atom. The minimum atomic E-state index is -0.682. The van der Waals surface area contributed by atoms with Crippen molar-refractivity contribution >= 4 is 6.03 Å². The third-order valence-corrected chi connectivity index (χ3v) is 3.10. The van der Waals surface area contributed by atoms with E-state index in [1.54, 1.807) is 6.92 Å². The molecule has 2 unspecified atom stereocenters. The molecule has 1 rings (SSSR count). The molecule has 118 valence electrons. The molecule has 0 aliphatic heterocycles. The smallest absolute Gasteiger partial charge is 0.315 e. The Hall–Kier alpha value is -1.69. The van der Waals surface area contributed by atoms with Crippen molar-refractivity contribution in [2.75, 3.05) is 6.54 Å². The first-order valence-electron chi connectivity index (χ1n) is 6.98. The highest BCUT2D eigenvalue weighted by molar-refractivity contribution is 5.74. The lowest BCUT2D eigenvalue weighted by Gasteiger charge is -2.23. The summed E-state index contributed by atoms with van der Waals surface area (Å²) in [5.41, 5.74) is 0.247. The number of nitrogens with one attached hydrogen (secondary N) is 2. The van der Waals surface area contributed by atoms with Crippen molar-refractivity contribution < 1.29 is 18.7 Å². The second-order valence-electron chi connectivity index (χ2n) is 5.43. The second kappa shape index (κ2) is 7.93. The van der Waals surface area contributed by atoms with Gasteiger partial charge < -0.3 is 15.7 Å². The molecule has 2 amide bonds. The standard InChI is InChI=1S/C15H22F2N2O2/c1-9(2)14(12-5-4-11(16)8-13(12)17)19-15(21)18-7-6-10(3)20/h4-5,8-10,14,20H,6-7H2,1-3H3,(H2,18,19,21). The number of hydrogen-bond donors (Lipinski definition) is 3. The van der Waals surface area contributed by atoms with E-state index in [1.807, 2.05) is 13.8 Å². The molecule has 0 aliphatic carbocycles. The van der Waals surface area contributed by atoms with Crippen molar-refractivity contribution in [3.8, 4) is 0 Å². The third-order valence-electron chi connectivity index (χ3n) is 3.10. The Morgan fingerprint density at radius 1 is 1.29 bits per heavy atom. The minimum Gasteiger partial charge on any atom is -0.393 e. The Kier molecular flexibility index (Phi) is 6.55. The maximum Gasteiger partial charge on any atom is 0.315 e. The summed E-state index contributed by atoms with van der Waals surface area (Å²) < 4.78 is 26.8. The van der Waals surface area contributed by atoms with Crippen molar-refractivity contribution in [1.29, 1.82) is 0 Å². The first-order valence-corrected chi connectivity index (χ1v) is 6.98. The van der Waals surface area contributed by atoms with Gasteiger partial charge in [-0.1, -0.05) is 19.9 Å². The lowest BCUT2D eigenvalue weighted by atomic mass is 9.95. The molecule has 0 saturated heterocycles. The summed E-state index contributed by atoms with van der Waals surface area (Å²) in [6.07, 6.45) is -0.0641. The van der Waals surface area contributed by atoms with Crippen LogP contribution in [0.3, 0.4) is 0 Å². The summed E-state index contributed by atoms with van der Waals surface area (Å²) in [6.45, 7) is 5.62. The lowest BCUT2D eigenvalue weighted by Crippen LogP contribution is -2.40. The van der Waals surface area contributed by atoms with Gasteiger partial charge in [-0.3, -0.25) is 0 Å². The number of halogens is 2. The molecule has 0 fully saturated rings. The van der Waals surface area contributed by atoms with Gasteiger partial charge in [-0.05, 0) is 25.3 Å². The molecule has 0 saturated carbocycles. The molecule has 1 aromatic rings. The normalized spacial score (nSPS) is 13.9. The number of rotatable bonds is 6. The fraction of sp³-hybridized carbons (Fsp3) is 0.533. The van der Waals surface area contributed by atoms with Gasteiger partial charge in [0.25, 0.3) is 0 Å². The highest BCUT2D eigenvalue weighted by atomic mass is 19.1. The Bertz CT molecular complexity index is 479. The fourth-order valence-corrected chi connectivity index (χ4v) is 1.94. The Balaban J connectivity index is 2.72. The molecule has 6 heteroatoms. The first kappa shape index (κ1) is 17.4. The molecule has 0 aromatic heterocycles. The number of urea groups is 1. The van der Waals surface area contributed by atoms with Gasteiger partial charge in [0.15, 0.2) is 0 Å². The van der Waals surface area contributed by atoms with E-state index in [-0.39, 0.29) is 11.5 Å². The van der Waals surface area contributed by atoms with E-state index in [4.69, 9.17) is 5.11 Å². The van der Waals surface area contributed by atoms with Crippen LogP contribution in [-0.4, -0.2) is 23.8 Å². The second-order valence-corrected chi connectivity index (χ2v) is 5.43. The largest absolute Gasteiger partial charge is 0.393 e. The van der Waals surface area contributed by atoms with Crippen LogP contribution >= 0.6 is 0 Å². The van der Waals surface area contributed by atoms with E-state index in [0.29, 0.717) is 13.0 Å². The predicted octanol–water partition coefficient (Wildman–Crippen LogP) is 2.73. The molecule has 0 heterocycles. The number of benzene rings is 1. The van der Waals surface area contributed by atoms with Crippen LogP contribution in [0, 0.1) is 17.6 Å². The van der Waals surface area contributed by atoms with Crippen LogP contribution in [0.15, 0.2) is 18.2 Å². The van der Waals surface area contributed by atoms with E-state index >= 15 is 0 Å². The minimum absolute atomic E-state index is 0.0625. The average Bonchev–Trinajstić information content (AvgIpc) is 2.36. The van der Waals surface area contributed by atoms with Crippen LogP contribution in [0.2, 0.25) is 0 Å². The van der Waals surface area contributed by atoms with Gasteiger partial charge in [-0.25, -0.2) is 13.6 Å². The van der Waals surface area contributed by atoms with E-state index in [9.17, 15) is 13.6 Å². The Morgan fingerprint density at radius 3 is 2.48 bits per heavy atom. The molecule has 0 radical (unpaired) electrons.